The largest absolute Gasteiger partial charge is 0.405 e. The summed E-state index contributed by atoms with van der Waals surface area (Å²) in [5.74, 6) is 0. The van der Waals surface area contributed by atoms with E-state index in [0.29, 0.717) is 33.0 Å². The first-order valence-electron chi connectivity index (χ1n) is 19.9. The van der Waals surface area contributed by atoms with Crippen molar-refractivity contribution in [1.82, 2.24) is 0 Å². The second kappa shape index (κ2) is 21.4. The molecule has 1 fully saturated rings. The fraction of sp³-hybridized carbons (Fsp3) is 0.362. The highest BCUT2D eigenvalue weighted by Gasteiger charge is 2.54. The predicted octanol–water partition coefficient (Wildman–Crippen LogP) is 9.36. The van der Waals surface area contributed by atoms with E-state index in [-0.39, 0.29) is 11.6 Å². The van der Waals surface area contributed by atoms with Crippen molar-refractivity contribution in [1.29, 1.82) is 0 Å². The van der Waals surface area contributed by atoms with E-state index < -0.39 is 47.6 Å². The molecule has 0 bridgehead atoms. The minimum Gasteiger partial charge on any atom is -0.405 e. The van der Waals surface area contributed by atoms with Crippen LogP contribution in [0.2, 0.25) is 5.04 Å². The molecule has 6 rings (SSSR count). The number of hydrogen-bond donors (Lipinski definition) is 0. The molecular weight excluding hydrogens is 752 g/mol. The van der Waals surface area contributed by atoms with E-state index in [9.17, 15) is 0 Å². The standard InChI is InChI=1S/C47H57O8PSi/c1-6-51-56(52-7-2)55-46-45(50-35-39-27-17-10-18-28-39)44(49-34-38-25-15-9-16-26-38)43(48-33-37-23-13-8-14-24-37)42(54-46)36-53-57(47(3,4)5,40-29-19-11-20-30-40)41-31-21-12-22-32-41/h8-32,42-46H,6-7,33-36H2,1-5H3/t42-,43-,44+,45-,46?/m1/s1. The molecule has 1 saturated heterocycles. The van der Waals surface area contributed by atoms with Gasteiger partial charge >= 0.3 is 8.60 Å². The highest BCUT2D eigenvalue weighted by molar-refractivity contribution is 7.41. The third kappa shape index (κ3) is 11.3. The van der Waals surface area contributed by atoms with E-state index >= 15 is 0 Å². The van der Waals surface area contributed by atoms with Gasteiger partial charge in [-0.2, -0.15) is 0 Å². The van der Waals surface area contributed by atoms with Crippen molar-refractivity contribution < 1.29 is 36.9 Å². The van der Waals surface area contributed by atoms with Crippen LogP contribution in [0.5, 0.6) is 0 Å². The van der Waals surface area contributed by atoms with Gasteiger partial charge in [-0.15, -0.1) is 0 Å². The Balaban J connectivity index is 1.43. The van der Waals surface area contributed by atoms with Crippen LogP contribution in [-0.2, 0) is 56.8 Å². The highest BCUT2D eigenvalue weighted by Crippen LogP contribution is 2.45. The molecule has 1 aliphatic rings. The van der Waals surface area contributed by atoms with Gasteiger partial charge < -0.3 is 32.4 Å². The smallest absolute Gasteiger partial charge is 0.335 e. The SMILES string of the molecule is CCOP(OCC)OC1O[C@H](CO[Si](c2ccccc2)(c2ccccc2)C(C)(C)C)[C@@H](OCc2ccccc2)[C@H](OCc2ccccc2)[C@H]1OCc1ccccc1. The van der Waals surface area contributed by atoms with Crippen molar-refractivity contribution in [3.8, 4) is 0 Å². The maximum absolute atomic E-state index is 7.54. The van der Waals surface area contributed by atoms with Crippen LogP contribution < -0.4 is 10.4 Å². The summed E-state index contributed by atoms with van der Waals surface area (Å²) in [6, 6.07) is 51.6. The van der Waals surface area contributed by atoms with Gasteiger partial charge in [0, 0.05) is 0 Å². The van der Waals surface area contributed by atoms with Gasteiger partial charge in [0.25, 0.3) is 8.32 Å². The van der Waals surface area contributed by atoms with Gasteiger partial charge in [-0.3, -0.25) is 4.52 Å². The van der Waals surface area contributed by atoms with Crippen LogP contribution >= 0.6 is 8.60 Å². The molecule has 10 heteroatoms. The Kier molecular flexibility index (Phi) is 16.2. The maximum Gasteiger partial charge on any atom is 0.335 e. The monoisotopic (exact) mass is 808 g/mol. The summed E-state index contributed by atoms with van der Waals surface area (Å²) in [5.41, 5.74) is 3.06. The lowest BCUT2D eigenvalue weighted by Gasteiger charge is -2.48. The molecule has 57 heavy (non-hydrogen) atoms. The van der Waals surface area contributed by atoms with Crippen LogP contribution in [0.3, 0.4) is 0 Å². The van der Waals surface area contributed by atoms with Crippen LogP contribution in [0.4, 0.5) is 0 Å². The Morgan fingerprint density at radius 2 is 0.912 bits per heavy atom. The zero-order valence-corrected chi connectivity index (χ0v) is 35.7. The van der Waals surface area contributed by atoms with Crippen LogP contribution in [0.15, 0.2) is 152 Å². The molecule has 5 aromatic rings. The maximum atomic E-state index is 7.54. The van der Waals surface area contributed by atoms with Gasteiger partial charge in [0.15, 0.2) is 6.29 Å². The molecular formula is C47H57O8PSi. The summed E-state index contributed by atoms with van der Waals surface area (Å²) in [5, 5.41) is 2.08. The molecule has 0 spiro atoms. The van der Waals surface area contributed by atoms with Gasteiger partial charge in [0.1, 0.15) is 24.4 Å². The van der Waals surface area contributed by atoms with Gasteiger partial charge in [-0.1, -0.05) is 172 Å². The Morgan fingerprint density at radius 1 is 0.526 bits per heavy atom. The minimum atomic E-state index is -2.99. The molecule has 1 heterocycles. The molecule has 8 nitrogen and oxygen atoms in total. The number of hydrogen-bond acceptors (Lipinski definition) is 8. The summed E-state index contributed by atoms with van der Waals surface area (Å²) >= 11 is 0. The van der Waals surface area contributed by atoms with Crippen LogP contribution in [0.1, 0.15) is 51.3 Å². The quantitative estimate of drug-likeness (QED) is 0.0570. The van der Waals surface area contributed by atoms with E-state index in [2.05, 4.69) is 106 Å². The summed E-state index contributed by atoms with van der Waals surface area (Å²) in [4.78, 5) is 0. The summed E-state index contributed by atoms with van der Waals surface area (Å²) < 4.78 is 54.0. The molecule has 5 atom stereocenters. The molecule has 0 aliphatic carbocycles. The number of rotatable bonds is 20. The minimum absolute atomic E-state index is 0.199. The predicted molar refractivity (Wildman–Crippen MR) is 229 cm³/mol. The third-order valence-corrected chi connectivity index (χ3v) is 16.3. The van der Waals surface area contributed by atoms with Crippen LogP contribution in [0, 0.1) is 0 Å². The van der Waals surface area contributed by atoms with Crippen LogP contribution in [-0.4, -0.2) is 58.8 Å². The van der Waals surface area contributed by atoms with E-state index in [4.69, 9.17) is 36.9 Å². The first kappa shape index (κ1) is 43.0. The average Bonchev–Trinajstić information content (AvgIpc) is 3.24. The second-order valence-corrected chi connectivity index (χ2v) is 20.4. The Hall–Kier alpha value is -3.57. The van der Waals surface area contributed by atoms with Crippen molar-refractivity contribution in [2.75, 3.05) is 19.8 Å². The zero-order valence-electron chi connectivity index (χ0n) is 33.8. The van der Waals surface area contributed by atoms with Gasteiger partial charge in [-0.25, -0.2) is 0 Å². The van der Waals surface area contributed by atoms with Gasteiger partial charge in [0.2, 0.25) is 0 Å². The third-order valence-electron chi connectivity index (χ3n) is 9.99. The van der Waals surface area contributed by atoms with Gasteiger partial charge in [-0.05, 0) is 45.9 Å². The van der Waals surface area contributed by atoms with Gasteiger partial charge in [0.05, 0.1) is 39.6 Å². The molecule has 1 aliphatic heterocycles. The Morgan fingerprint density at radius 3 is 1.32 bits per heavy atom. The molecule has 0 aromatic heterocycles. The van der Waals surface area contributed by atoms with E-state index in [1.165, 1.54) is 10.4 Å². The fourth-order valence-corrected chi connectivity index (χ4v) is 12.9. The normalized spacial score (nSPS) is 20.1. The lowest BCUT2D eigenvalue weighted by Crippen LogP contribution is -2.68. The summed E-state index contributed by atoms with van der Waals surface area (Å²) in [7, 11) is -4.77. The average molecular weight is 809 g/mol. The molecule has 5 aromatic carbocycles. The lowest BCUT2D eigenvalue weighted by atomic mass is 9.98. The van der Waals surface area contributed by atoms with E-state index in [1.807, 2.05) is 80.6 Å². The highest BCUT2D eigenvalue weighted by atomic mass is 31.2. The molecule has 0 saturated carbocycles. The van der Waals surface area contributed by atoms with Crippen molar-refractivity contribution in [3.63, 3.8) is 0 Å². The van der Waals surface area contributed by atoms with Crippen molar-refractivity contribution in [3.05, 3.63) is 168 Å². The molecule has 0 amide bonds. The molecule has 0 N–H and O–H groups in total. The van der Waals surface area contributed by atoms with E-state index in [0.717, 1.165) is 16.7 Å². The lowest BCUT2D eigenvalue weighted by molar-refractivity contribution is -0.308. The Labute approximate surface area is 341 Å². The number of benzene rings is 5. The number of ether oxygens (including phenoxy) is 4. The van der Waals surface area contributed by atoms with Crippen molar-refractivity contribution >= 4 is 27.3 Å². The molecule has 0 radical (unpaired) electrons. The van der Waals surface area contributed by atoms with Crippen molar-refractivity contribution in [2.24, 2.45) is 0 Å². The Bertz CT molecular complexity index is 1810. The summed E-state index contributed by atoms with van der Waals surface area (Å²) in [6.45, 7) is 12.6. The summed E-state index contributed by atoms with van der Waals surface area (Å²) in [6.07, 6.45) is -3.59. The fourth-order valence-electron chi connectivity index (χ4n) is 7.33. The zero-order chi connectivity index (χ0) is 39.9. The molecule has 1 unspecified atom stereocenters. The van der Waals surface area contributed by atoms with E-state index in [1.54, 1.807) is 0 Å². The second-order valence-electron chi connectivity index (χ2n) is 15.0. The van der Waals surface area contributed by atoms with Crippen molar-refractivity contribution in [2.45, 2.75) is 90.2 Å². The topological polar surface area (TPSA) is 73.8 Å². The van der Waals surface area contributed by atoms with Crippen LogP contribution in [0.25, 0.3) is 0 Å². The first-order valence-corrected chi connectivity index (χ1v) is 22.9. The molecule has 302 valence electrons. The first-order chi connectivity index (χ1) is 27.8.